The molecule has 4 rings (SSSR count). The van der Waals surface area contributed by atoms with Gasteiger partial charge in [-0.15, -0.1) is 0 Å². The first-order chi connectivity index (χ1) is 8.16. The van der Waals surface area contributed by atoms with Gasteiger partial charge in [-0.2, -0.15) is 0 Å². The van der Waals surface area contributed by atoms with E-state index in [2.05, 4.69) is 4.98 Å². The third kappa shape index (κ3) is 1.58. The number of pyridine rings is 1. The monoisotopic (exact) mass is 234 g/mol. The van der Waals surface area contributed by atoms with E-state index in [1.54, 1.807) is 18.3 Å². The predicted octanol–water partition coefficient (Wildman–Crippen LogP) is 0.597. The number of piperidine rings is 2. The minimum absolute atomic E-state index is 0.205. The SMILES string of the molecule is O=C(O)c1cccnc1N1C[C@H]2C[C@@H](C1)C2O. The number of nitrogens with zero attached hydrogens (tertiary/aromatic N) is 2. The summed E-state index contributed by atoms with van der Waals surface area (Å²) in [5.41, 5.74) is 0.239. The first-order valence-electron chi connectivity index (χ1n) is 5.78. The molecule has 2 bridgehead atoms. The molecular formula is C12H14N2O3. The van der Waals surface area contributed by atoms with E-state index in [-0.39, 0.29) is 23.5 Å². The summed E-state index contributed by atoms with van der Waals surface area (Å²) in [4.78, 5) is 17.3. The van der Waals surface area contributed by atoms with Crippen LogP contribution in [-0.4, -0.2) is 40.4 Å². The molecule has 2 aliphatic heterocycles. The van der Waals surface area contributed by atoms with Crippen molar-refractivity contribution in [2.45, 2.75) is 12.5 Å². The molecule has 1 unspecified atom stereocenters. The fourth-order valence-electron chi connectivity index (χ4n) is 2.85. The van der Waals surface area contributed by atoms with Gasteiger partial charge in [0.25, 0.3) is 0 Å². The van der Waals surface area contributed by atoms with Crippen molar-refractivity contribution >= 4 is 11.8 Å². The van der Waals surface area contributed by atoms with E-state index in [0.29, 0.717) is 18.9 Å². The Balaban J connectivity index is 1.88. The zero-order valence-corrected chi connectivity index (χ0v) is 9.28. The number of anilines is 1. The van der Waals surface area contributed by atoms with Gasteiger partial charge in [0.1, 0.15) is 11.4 Å². The second-order valence-corrected chi connectivity index (χ2v) is 4.83. The minimum atomic E-state index is -0.951. The van der Waals surface area contributed by atoms with E-state index in [0.717, 1.165) is 6.42 Å². The highest BCUT2D eigenvalue weighted by atomic mass is 16.4. The first kappa shape index (κ1) is 10.5. The third-order valence-electron chi connectivity index (χ3n) is 3.80. The highest BCUT2D eigenvalue weighted by Crippen LogP contribution is 2.41. The van der Waals surface area contributed by atoms with Crippen LogP contribution in [-0.2, 0) is 0 Å². The maximum absolute atomic E-state index is 11.1. The number of aliphatic hydroxyl groups is 1. The summed E-state index contributed by atoms with van der Waals surface area (Å²) in [5, 5.41) is 18.8. The zero-order chi connectivity index (χ0) is 12.0. The Morgan fingerprint density at radius 3 is 2.71 bits per heavy atom. The molecule has 5 nitrogen and oxygen atoms in total. The van der Waals surface area contributed by atoms with Gasteiger partial charge < -0.3 is 15.1 Å². The Kier molecular flexibility index (Phi) is 2.29. The molecule has 2 N–H and O–H groups in total. The molecule has 3 atom stereocenters. The van der Waals surface area contributed by atoms with Gasteiger partial charge >= 0.3 is 5.97 Å². The molecule has 1 saturated carbocycles. The van der Waals surface area contributed by atoms with Crippen LogP contribution in [0, 0.1) is 11.8 Å². The van der Waals surface area contributed by atoms with Gasteiger partial charge in [0.15, 0.2) is 0 Å². The second kappa shape index (κ2) is 3.70. The number of rotatable bonds is 2. The van der Waals surface area contributed by atoms with Crippen LogP contribution in [0.15, 0.2) is 18.3 Å². The summed E-state index contributed by atoms with van der Waals surface area (Å²) in [6.07, 6.45) is 2.45. The molecule has 3 fully saturated rings. The van der Waals surface area contributed by atoms with Gasteiger partial charge in [-0.1, -0.05) is 0 Å². The summed E-state index contributed by atoms with van der Waals surface area (Å²) in [7, 11) is 0. The van der Waals surface area contributed by atoms with Gasteiger partial charge in [0, 0.05) is 31.1 Å². The predicted molar refractivity (Wildman–Crippen MR) is 61.0 cm³/mol. The molecule has 0 radical (unpaired) electrons. The molecule has 17 heavy (non-hydrogen) atoms. The van der Waals surface area contributed by atoms with Gasteiger partial charge in [-0.3, -0.25) is 0 Å². The Hall–Kier alpha value is -1.62. The maximum Gasteiger partial charge on any atom is 0.339 e. The number of aromatic nitrogens is 1. The van der Waals surface area contributed by atoms with Crippen molar-refractivity contribution < 1.29 is 15.0 Å². The molecule has 5 heteroatoms. The minimum Gasteiger partial charge on any atom is -0.478 e. The largest absolute Gasteiger partial charge is 0.478 e. The van der Waals surface area contributed by atoms with Crippen molar-refractivity contribution in [3.63, 3.8) is 0 Å². The summed E-state index contributed by atoms with van der Waals surface area (Å²) < 4.78 is 0. The summed E-state index contributed by atoms with van der Waals surface area (Å²) in [5.74, 6) is 0.129. The number of carboxylic acid groups (broad SMARTS) is 1. The number of hydrogen-bond acceptors (Lipinski definition) is 4. The van der Waals surface area contributed by atoms with Crippen molar-refractivity contribution in [2.75, 3.05) is 18.0 Å². The Bertz CT molecular complexity index is 451. The number of carbonyl (C=O) groups is 1. The molecule has 1 aromatic rings. The van der Waals surface area contributed by atoms with Gasteiger partial charge in [0.2, 0.25) is 0 Å². The van der Waals surface area contributed by atoms with E-state index in [9.17, 15) is 9.90 Å². The van der Waals surface area contributed by atoms with Crippen LogP contribution < -0.4 is 4.90 Å². The number of hydrogen-bond donors (Lipinski definition) is 2. The van der Waals surface area contributed by atoms with Crippen LogP contribution in [0.5, 0.6) is 0 Å². The molecule has 2 saturated heterocycles. The van der Waals surface area contributed by atoms with Crippen LogP contribution in [0.4, 0.5) is 5.82 Å². The van der Waals surface area contributed by atoms with Crippen LogP contribution in [0.3, 0.4) is 0 Å². The summed E-state index contributed by atoms with van der Waals surface area (Å²) in [6, 6.07) is 3.20. The number of carboxylic acids is 1. The lowest BCUT2D eigenvalue weighted by Gasteiger charge is -2.51. The molecular weight excluding hydrogens is 220 g/mol. The van der Waals surface area contributed by atoms with Crippen molar-refractivity contribution in [1.82, 2.24) is 4.98 Å². The molecule has 3 heterocycles. The van der Waals surface area contributed by atoms with E-state index in [1.165, 1.54) is 0 Å². The lowest BCUT2D eigenvalue weighted by molar-refractivity contribution is -0.0533. The smallest absolute Gasteiger partial charge is 0.339 e. The molecule has 90 valence electrons. The highest BCUT2D eigenvalue weighted by molar-refractivity contribution is 5.93. The lowest BCUT2D eigenvalue weighted by Crippen LogP contribution is -2.58. The van der Waals surface area contributed by atoms with Crippen molar-refractivity contribution in [3.05, 3.63) is 23.9 Å². The van der Waals surface area contributed by atoms with Crippen LogP contribution in [0.2, 0.25) is 0 Å². The number of fused-ring (bicyclic) bond motifs is 2. The van der Waals surface area contributed by atoms with E-state index < -0.39 is 5.97 Å². The molecule has 1 aromatic heterocycles. The standard InChI is InChI=1S/C12H14N2O3/c15-10-7-4-8(10)6-14(5-7)11-9(12(16)17)2-1-3-13-11/h1-3,7-8,10,15H,4-6H2,(H,16,17)/t7-,8+,10?. The molecule has 1 aliphatic carbocycles. The molecule has 0 spiro atoms. The van der Waals surface area contributed by atoms with Gasteiger partial charge in [-0.25, -0.2) is 9.78 Å². The molecule has 0 amide bonds. The van der Waals surface area contributed by atoms with Gasteiger partial charge in [-0.05, 0) is 18.6 Å². The van der Waals surface area contributed by atoms with E-state index in [4.69, 9.17) is 5.11 Å². The van der Waals surface area contributed by atoms with E-state index >= 15 is 0 Å². The molecule has 3 aliphatic rings. The van der Waals surface area contributed by atoms with Crippen molar-refractivity contribution in [1.29, 1.82) is 0 Å². The Morgan fingerprint density at radius 2 is 2.12 bits per heavy atom. The summed E-state index contributed by atoms with van der Waals surface area (Å²) >= 11 is 0. The van der Waals surface area contributed by atoms with Crippen molar-refractivity contribution in [3.8, 4) is 0 Å². The number of aliphatic hydroxyl groups excluding tert-OH is 1. The topological polar surface area (TPSA) is 73.7 Å². The quantitative estimate of drug-likeness (QED) is 0.783. The second-order valence-electron chi connectivity index (χ2n) is 4.83. The average molecular weight is 234 g/mol. The molecule has 0 aromatic carbocycles. The summed E-state index contributed by atoms with van der Waals surface area (Å²) in [6.45, 7) is 1.41. The number of aromatic carboxylic acids is 1. The average Bonchev–Trinajstić information content (AvgIpc) is 2.38. The fourth-order valence-corrected chi connectivity index (χ4v) is 2.85. The van der Waals surface area contributed by atoms with Crippen LogP contribution >= 0.6 is 0 Å². The lowest BCUT2D eigenvalue weighted by atomic mass is 9.68. The Labute approximate surface area is 98.7 Å². The Morgan fingerprint density at radius 1 is 1.41 bits per heavy atom. The van der Waals surface area contributed by atoms with Crippen molar-refractivity contribution in [2.24, 2.45) is 11.8 Å². The van der Waals surface area contributed by atoms with Crippen LogP contribution in [0.25, 0.3) is 0 Å². The normalized spacial score (nSPS) is 30.9. The fraction of sp³-hybridized carbons (Fsp3) is 0.500. The third-order valence-corrected chi connectivity index (χ3v) is 3.80. The first-order valence-corrected chi connectivity index (χ1v) is 5.78. The zero-order valence-electron chi connectivity index (χ0n) is 9.28. The van der Waals surface area contributed by atoms with E-state index in [1.807, 2.05) is 4.90 Å². The van der Waals surface area contributed by atoms with Crippen LogP contribution in [0.1, 0.15) is 16.8 Å². The maximum atomic E-state index is 11.1. The highest BCUT2D eigenvalue weighted by Gasteiger charge is 2.46. The van der Waals surface area contributed by atoms with Gasteiger partial charge in [0.05, 0.1) is 6.10 Å².